The molecule has 1 N–H and O–H groups in total. The van der Waals surface area contributed by atoms with Gasteiger partial charge in [0.05, 0.1) is 19.1 Å². The van der Waals surface area contributed by atoms with E-state index in [1.54, 1.807) is 6.92 Å². The lowest BCUT2D eigenvalue weighted by molar-refractivity contribution is -0.187. The molecule has 1 fully saturated rings. The maximum atomic E-state index is 12.1. The molecule has 1 aliphatic rings. The van der Waals surface area contributed by atoms with Crippen LogP contribution in [0.4, 0.5) is 0 Å². The van der Waals surface area contributed by atoms with E-state index >= 15 is 0 Å². The van der Waals surface area contributed by atoms with E-state index in [1.807, 2.05) is 13.8 Å². The quantitative estimate of drug-likeness (QED) is 0.542. The van der Waals surface area contributed by atoms with Crippen molar-refractivity contribution in [3.8, 4) is 0 Å². The fourth-order valence-corrected chi connectivity index (χ4v) is 3.68. The SMILES string of the molecule is CCC(C)(CC(CC(=O)O)CC(C)CC(=O)OC1CCCCO1)C(=O)OC. The van der Waals surface area contributed by atoms with E-state index in [-0.39, 0.29) is 36.6 Å². The van der Waals surface area contributed by atoms with Crippen molar-refractivity contribution < 1.29 is 33.7 Å². The highest BCUT2D eigenvalue weighted by atomic mass is 16.7. The van der Waals surface area contributed by atoms with E-state index < -0.39 is 17.7 Å². The second-order valence-corrected chi connectivity index (χ2v) is 7.90. The van der Waals surface area contributed by atoms with Gasteiger partial charge in [0.2, 0.25) is 6.29 Å². The summed E-state index contributed by atoms with van der Waals surface area (Å²) in [6, 6.07) is 0. The minimum Gasteiger partial charge on any atom is -0.481 e. The minimum absolute atomic E-state index is 0.0439. The first-order chi connectivity index (χ1) is 12.7. The maximum absolute atomic E-state index is 12.1. The summed E-state index contributed by atoms with van der Waals surface area (Å²) < 4.78 is 15.7. The lowest BCUT2D eigenvalue weighted by Crippen LogP contribution is -2.32. The van der Waals surface area contributed by atoms with Crippen molar-refractivity contribution in [1.29, 1.82) is 0 Å². The Morgan fingerprint density at radius 3 is 2.48 bits per heavy atom. The number of carbonyl (C=O) groups is 3. The van der Waals surface area contributed by atoms with E-state index in [1.165, 1.54) is 7.11 Å². The molecular formula is C20H34O7. The number of carboxylic acid groups (broad SMARTS) is 1. The Morgan fingerprint density at radius 2 is 1.96 bits per heavy atom. The molecule has 0 aromatic heterocycles. The Balaban J connectivity index is 2.62. The summed E-state index contributed by atoms with van der Waals surface area (Å²) in [7, 11) is 1.34. The van der Waals surface area contributed by atoms with E-state index in [9.17, 15) is 19.5 Å². The van der Waals surface area contributed by atoms with Crippen molar-refractivity contribution in [3.05, 3.63) is 0 Å². The standard InChI is InChI=1S/C20H34O7/c1-5-20(3,19(24)25-4)13-15(12-16(21)22)10-14(2)11-17(23)27-18-8-6-7-9-26-18/h14-15,18H,5-13H2,1-4H3,(H,21,22). The number of aliphatic carboxylic acids is 1. The number of rotatable bonds is 11. The van der Waals surface area contributed by atoms with Crippen LogP contribution in [-0.2, 0) is 28.6 Å². The second kappa shape index (κ2) is 11.3. The Morgan fingerprint density at radius 1 is 1.26 bits per heavy atom. The molecular weight excluding hydrogens is 352 g/mol. The molecule has 4 atom stereocenters. The van der Waals surface area contributed by atoms with Gasteiger partial charge in [-0.2, -0.15) is 0 Å². The number of esters is 2. The van der Waals surface area contributed by atoms with Gasteiger partial charge >= 0.3 is 17.9 Å². The van der Waals surface area contributed by atoms with Crippen LogP contribution in [0.25, 0.3) is 0 Å². The Kier molecular flexibility index (Phi) is 9.77. The molecule has 1 heterocycles. The molecule has 0 amide bonds. The summed E-state index contributed by atoms with van der Waals surface area (Å²) >= 11 is 0. The highest BCUT2D eigenvalue weighted by Gasteiger charge is 2.36. The summed E-state index contributed by atoms with van der Waals surface area (Å²) in [6.07, 6.45) is 3.88. The molecule has 7 nitrogen and oxygen atoms in total. The zero-order valence-corrected chi connectivity index (χ0v) is 17.0. The van der Waals surface area contributed by atoms with Crippen LogP contribution >= 0.6 is 0 Å². The summed E-state index contributed by atoms with van der Waals surface area (Å²) in [4.78, 5) is 35.5. The van der Waals surface area contributed by atoms with Crippen LogP contribution in [0.3, 0.4) is 0 Å². The third-order valence-corrected chi connectivity index (χ3v) is 5.31. The molecule has 0 radical (unpaired) electrons. The molecule has 0 bridgehead atoms. The molecule has 0 spiro atoms. The van der Waals surface area contributed by atoms with Crippen molar-refractivity contribution in [2.45, 2.75) is 78.4 Å². The zero-order valence-electron chi connectivity index (χ0n) is 17.0. The van der Waals surface area contributed by atoms with E-state index in [0.29, 0.717) is 25.9 Å². The fraction of sp³-hybridized carbons (Fsp3) is 0.850. The van der Waals surface area contributed by atoms with Crippen LogP contribution in [-0.4, -0.2) is 43.0 Å². The Hall–Kier alpha value is -1.63. The van der Waals surface area contributed by atoms with Crippen LogP contribution in [0.5, 0.6) is 0 Å². The molecule has 7 heteroatoms. The average Bonchev–Trinajstić information content (AvgIpc) is 2.60. The first-order valence-electron chi connectivity index (χ1n) is 9.81. The topological polar surface area (TPSA) is 99.1 Å². The van der Waals surface area contributed by atoms with Crippen molar-refractivity contribution in [2.75, 3.05) is 13.7 Å². The van der Waals surface area contributed by atoms with Crippen LogP contribution in [0.2, 0.25) is 0 Å². The zero-order chi connectivity index (χ0) is 20.4. The predicted octanol–water partition coefficient (Wildman–Crippen LogP) is 3.54. The molecule has 1 rings (SSSR count). The molecule has 0 aromatic rings. The third kappa shape index (κ3) is 8.28. The van der Waals surface area contributed by atoms with Gasteiger partial charge in [-0.15, -0.1) is 0 Å². The molecule has 27 heavy (non-hydrogen) atoms. The number of hydrogen-bond acceptors (Lipinski definition) is 6. The first-order valence-corrected chi connectivity index (χ1v) is 9.81. The van der Waals surface area contributed by atoms with Gasteiger partial charge in [-0.25, -0.2) is 0 Å². The lowest BCUT2D eigenvalue weighted by Gasteiger charge is -2.30. The van der Waals surface area contributed by atoms with Gasteiger partial charge in [-0.05, 0) is 50.9 Å². The second-order valence-electron chi connectivity index (χ2n) is 7.90. The predicted molar refractivity (Wildman–Crippen MR) is 98.9 cm³/mol. The molecule has 1 aliphatic heterocycles. The average molecular weight is 386 g/mol. The maximum Gasteiger partial charge on any atom is 0.311 e. The number of methoxy groups -OCH3 is 1. The fourth-order valence-electron chi connectivity index (χ4n) is 3.68. The Bertz CT molecular complexity index is 499. The Labute approximate surface area is 161 Å². The van der Waals surface area contributed by atoms with Gasteiger partial charge in [0, 0.05) is 19.3 Å². The van der Waals surface area contributed by atoms with E-state index in [4.69, 9.17) is 14.2 Å². The van der Waals surface area contributed by atoms with E-state index in [0.717, 1.165) is 19.3 Å². The molecule has 0 aromatic carbocycles. The van der Waals surface area contributed by atoms with Crippen molar-refractivity contribution in [1.82, 2.24) is 0 Å². The largest absolute Gasteiger partial charge is 0.481 e. The van der Waals surface area contributed by atoms with Crippen LogP contribution in [0.15, 0.2) is 0 Å². The number of carboxylic acids is 1. The van der Waals surface area contributed by atoms with Gasteiger partial charge in [-0.1, -0.05) is 13.8 Å². The van der Waals surface area contributed by atoms with Gasteiger partial charge in [0.1, 0.15) is 0 Å². The van der Waals surface area contributed by atoms with Crippen molar-refractivity contribution >= 4 is 17.9 Å². The van der Waals surface area contributed by atoms with Crippen molar-refractivity contribution in [2.24, 2.45) is 17.3 Å². The molecule has 156 valence electrons. The first kappa shape index (κ1) is 23.4. The van der Waals surface area contributed by atoms with Crippen LogP contribution < -0.4 is 0 Å². The summed E-state index contributed by atoms with van der Waals surface area (Å²) in [5.41, 5.74) is -0.731. The summed E-state index contributed by atoms with van der Waals surface area (Å²) in [6.45, 7) is 6.20. The lowest BCUT2D eigenvalue weighted by atomic mass is 9.75. The summed E-state index contributed by atoms with van der Waals surface area (Å²) in [5.74, 6) is -1.84. The van der Waals surface area contributed by atoms with Gasteiger partial charge < -0.3 is 19.3 Å². The van der Waals surface area contributed by atoms with Gasteiger partial charge in [-0.3, -0.25) is 14.4 Å². The van der Waals surface area contributed by atoms with E-state index in [2.05, 4.69) is 0 Å². The van der Waals surface area contributed by atoms with Crippen molar-refractivity contribution in [3.63, 3.8) is 0 Å². The minimum atomic E-state index is -0.909. The molecule has 1 saturated heterocycles. The smallest absolute Gasteiger partial charge is 0.311 e. The molecule has 0 aliphatic carbocycles. The van der Waals surface area contributed by atoms with Gasteiger partial charge in [0.25, 0.3) is 0 Å². The summed E-state index contributed by atoms with van der Waals surface area (Å²) in [5, 5.41) is 9.24. The number of hydrogen-bond donors (Lipinski definition) is 1. The number of ether oxygens (including phenoxy) is 3. The monoisotopic (exact) mass is 386 g/mol. The highest BCUT2D eigenvalue weighted by Crippen LogP contribution is 2.36. The highest BCUT2D eigenvalue weighted by molar-refractivity contribution is 5.76. The normalized spacial score (nSPS) is 21.6. The molecule has 4 unspecified atom stereocenters. The van der Waals surface area contributed by atoms with Crippen LogP contribution in [0.1, 0.15) is 72.1 Å². The third-order valence-electron chi connectivity index (χ3n) is 5.31. The van der Waals surface area contributed by atoms with Crippen LogP contribution in [0, 0.1) is 17.3 Å². The molecule has 0 saturated carbocycles. The number of carbonyl (C=O) groups excluding carboxylic acids is 2. The van der Waals surface area contributed by atoms with Gasteiger partial charge in [0.15, 0.2) is 0 Å².